The van der Waals surface area contributed by atoms with Gasteiger partial charge in [0.15, 0.2) is 0 Å². The van der Waals surface area contributed by atoms with E-state index in [2.05, 4.69) is 17.2 Å². The van der Waals surface area contributed by atoms with Crippen LogP contribution in [0.25, 0.3) is 0 Å². The number of nitrogens with one attached hydrogen (secondary N) is 2. The number of para-hydroxylation sites is 1. The highest BCUT2D eigenvalue weighted by atomic mass is 35.5. The highest BCUT2D eigenvalue weighted by molar-refractivity contribution is 7.99. The number of rotatable bonds is 8. The van der Waals surface area contributed by atoms with Gasteiger partial charge in [0.25, 0.3) is 0 Å². The molecule has 0 bridgehead atoms. The van der Waals surface area contributed by atoms with E-state index in [1.54, 1.807) is 30.0 Å². The number of halogens is 2. The highest BCUT2D eigenvalue weighted by Gasteiger charge is 2.08. The van der Waals surface area contributed by atoms with E-state index in [1.807, 2.05) is 6.08 Å². The number of hydrogen-bond acceptors (Lipinski definition) is 3. The molecule has 1 amide bonds. The van der Waals surface area contributed by atoms with Gasteiger partial charge >= 0.3 is 0 Å². The van der Waals surface area contributed by atoms with Crippen LogP contribution in [0.3, 0.4) is 0 Å². The maximum absolute atomic E-state index is 11.7. The topological polar surface area (TPSA) is 41.1 Å². The third-order valence-electron chi connectivity index (χ3n) is 2.17. The van der Waals surface area contributed by atoms with E-state index < -0.39 is 0 Å². The van der Waals surface area contributed by atoms with Crippen LogP contribution in [0.4, 0.5) is 5.69 Å². The van der Waals surface area contributed by atoms with Crippen molar-refractivity contribution in [3.8, 4) is 0 Å². The van der Waals surface area contributed by atoms with Crippen molar-refractivity contribution in [3.63, 3.8) is 0 Å². The largest absolute Gasteiger partial charge is 0.322 e. The number of thioether (sulfide) groups is 1. The van der Waals surface area contributed by atoms with Crippen molar-refractivity contribution < 1.29 is 4.79 Å². The quantitative estimate of drug-likeness (QED) is 0.570. The van der Waals surface area contributed by atoms with Gasteiger partial charge in [0.2, 0.25) is 5.91 Å². The van der Waals surface area contributed by atoms with Crippen LogP contribution >= 0.6 is 35.0 Å². The van der Waals surface area contributed by atoms with Crippen molar-refractivity contribution in [3.05, 3.63) is 40.9 Å². The van der Waals surface area contributed by atoms with Crippen LogP contribution in [0.2, 0.25) is 10.0 Å². The average Bonchev–Trinajstić information content (AvgIpc) is 2.38. The molecule has 0 atom stereocenters. The summed E-state index contributed by atoms with van der Waals surface area (Å²) >= 11 is 13.7. The fourth-order valence-electron chi connectivity index (χ4n) is 1.31. The van der Waals surface area contributed by atoms with Crippen LogP contribution in [0.5, 0.6) is 0 Å². The molecule has 0 saturated heterocycles. The van der Waals surface area contributed by atoms with Gasteiger partial charge in [-0.25, -0.2) is 0 Å². The van der Waals surface area contributed by atoms with E-state index in [0.29, 0.717) is 15.7 Å². The van der Waals surface area contributed by atoms with Gasteiger partial charge in [-0.1, -0.05) is 35.3 Å². The molecule has 1 aromatic rings. The van der Waals surface area contributed by atoms with Gasteiger partial charge in [-0.3, -0.25) is 4.79 Å². The Morgan fingerprint density at radius 3 is 2.68 bits per heavy atom. The number of anilines is 1. The molecular weight excluding hydrogens is 303 g/mol. The molecule has 0 aliphatic heterocycles. The van der Waals surface area contributed by atoms with Gasteiger partial charge in [-0.15, -0.1) is 6.58 Å². The standard InChI is InChI=1S/C13H16Cl2N2OS/c1-2-7-19-8-6-16-9-12(18)17-13-10(14)4-3-5-11(13)15/h2-5,16H,1,6-9H2,(H,17,18). The predicted octanol–water partition coefficient (Wildman–Crippen LogP) is 3.44. The van der Waals surface area contributed by atoms with Gasteiger partial charge in [0.05, 0.1) is 22.3 Å². The molecule has 0 aliphatic carbocycles. The summed E-state index contributed by atoms with van der Waals surface area (Å²) in [5.41, 5.74) is 0.457. The summed E-state index contributed by atoms with van der Waals surface area (Å²) in [6.07, 6.45) is 1.86. The molecule has 1 aromatic carbocycles. The fourth-order valence-corrected chi connectivity index (χ4v) is 2.43. The smallest absolute Gasteiger partial charge is 0.238 e. The number of amides is 1. The SMILES string of the molecule is C=CCSCCNCC(=O)Nc1c(Cl)cccc1Cl. The molecule has 19 heavy (non-hydrogen) atoms. The predicted molar refractivity (Wildman–Crippen MR) is 85.5 cm³/mol. The summed E-state index contributed by atoms with van der Waals surface area (Å²) in [6, 6.07) is 5.10. The van der Waals surface area contributed by atoms with Crippen molar-refractivity contribution in [1.82, 2.24) is 5.32 Å². The molecule has 104 valence electrons. The Balaban J connectivity index is 2.29. The van der Waals surface area contributed by atoms with Crippen molar-refractivity contribution in [2.45, 2.75) is 0 Å². The molecule has 0 unspecified atom stereocenters. The molecule has 1 rings (SSSR count). The molecule has 0 spiro atoms. The molecule has 3 nitrogen and oxygen atoms in total. The maximum Gasteiger partial charge on any atom is 0.238 e. The Hall–Kier alpha value is -0.680. The first-order chi connectivity index (χ1) is 9.15. The van der Waals surface area contributed by atoms with Gasteiger partial charge in [0, 0.05) is 18.1 Å². The van der Waals surface area contributed by atoms with Gasteiger partial charge in [-0.05, 0) is 12.1 Å². The zero-order chi connectivity index (χ0) is 14.1. The molecule has 0 saturated carbocycles. The molecule has 0 heterocycles. The second-order valence-corrected chi connectivity index (χ2v) is 5.65. The Morgan fingerprint density at radius 1 is 1.37 bits per heavy atom. The summed E-state index contributed by atoms with van der Waals surface area (Å²) in [5.74, 6) is 1.69. The summed E-state index contributed by atoms with van der Waals surface area (Å²) in [4.78, 5) is 11.7. The van der Waals surface area contributed by atoms with E-state index in [-0.39, 0.29) is 12.5 Å². The first-order valence-electron chi connectivity index (χ1n) is 5.78. The number of carbonyl (C=O) groups excluding carboxylic acids is 1. The van der Waals surface area contributed by atoms with Crippen molar-refractivity contribution in [2.75, 3.05) is 29.9 Å². The highest BCUT2D eigenvalue weighted by Crippen LogP contribution is 2.29. The molecule has 0 aromatic heterocycles. The minimum absolute atomic E-state index is 0.163. The molecule has 0 aliphatic rings. The average molecular weight is 319 g/mol. The molecule has 0 fully saturated rings. The van der Waals surface area contributed by atoms with Crippen molar-refractivity contribution in [1.29, 1.82) is 0 Å². The number of hydrogen-bond donors (Lipinski definition) is 2. The zero-order valence-corrected chi connectivity index (χ0v) is 12.7. The molecular formula is C13H16Cl2N2OS. The van der Waals surface area contributed by atoms with E-state index in [9.17, 15) is 4.79 Å². The van der Waals surface area contributed by atoms with Crippen molar-refractivity contribution in [2.24, 2.45) is 0 Å². The summed E-state index contributed by atoms with van der Waals surface area (Å²) in [6.45, 7) is 4.64. The van der Waals surface area contributed by atoms with E-state index in [0.717, 1.165) is 18.1 Å². The Kier molecular flexibility index (Phi) is 7.98. The van der Waals surface area contributed by atoms with E-state index in [1.165, 1.54) is 0 Å². The lowest BCUT2D eigenvalue weighted by atomic mass is 10.3. The molecule has 6 heteroatoms. The lowest BCUT2D eigenvalue weighted by Crippen LogP contribution is -2.29. The lowest BCUT2D eigenvalue weighted by Gasteiger charge is -2.09. The Bertz CT molecular complexity index is 420. The summed E-state index contributed by atoms with van der Waals surface area (Å²) in [7, 11) is 0. The maximum atomic E-state index is 11.7. The van der Waals surface area contributed by atoms with Crippen LogP contribution in [0.1, 0.15) is 0 Å². The minimum Gasteiger partial charge on any atom is -0.322 e. The first-order valence-corrected chi connectivity index (χ1v) is 7.69. The van der Waals surface area contributed by atoms with Crippen LogP contribution in [-0.4, -0.2) is 30.5 Å². The number of carbonyl (C=O) groups is 1. The lowest BCUT2D eigenvalue weighted by molar-refractivity contribution is -0.115. The van der Waals surface area contributed by atoms with Crippen LogP contribution in [0, 0.1) is 0 Å². The Labute approximate surface area is 127 Å². The number of benzene rings is 1. The zero-order valence-electron chi connectivity index (χ0n) is 10.4. The van der Waals surface area contributed by atoms with Gasteiger partial charge in [0.1, 0.15) is 0 Å². The third kappa shape index (κ3) is 6.34. The second-order valence-electron chi connectivity index (χ2n) is 3.69. The Morgan fingerprint density at radius 2 is 2.05 bits per heavy atom. The van der Waals surface area contributed by atoms with Crippen molar-refractivity contribution >= 4 is 46.6 Å². The van der Waals surface area contributed by atoms with E-state index >= 15 is 0 Å². The summed E-state index contributed by atoms with van der Waals surface area (Å²) in [5, 5.41) is 6.61. The normalized spacial score (nSPS) is 10.2. The van der Waals surface area contributed by atoms with Crippen LogP contribution < -0.4 is 10.6 Å². The van der Waals surface area contributed by atoms with E-state index in [4.69, 9.17) is 23.2 Å². The molecule has 0 radical (unpaired) electrons. The monoisotopic (exact) mass is 318 g/mol. The van der Waals surface area contributed by atoms with Crippen LogP contribution in [-0.2, 0) is 4.79 Å². The first kappa shape index (κ1) is 16.4. The third-order valence-corrected chi connectivity index (χ3v) is 3.77. The van der Waals surface area contributed by atoms with Crippen LogP contribution in [0.15, 0.2) is 30.9 Å². The summed E-state index contributed by atoms with van der Waals surface area (Å²) < 4.78 is 0. The van der Waals surface area contributed by atoms with Gasteiger partial charge < -0.3 is 10.6 Å². The minimum atomic E-state index is -0.163. The fraction of sp³-hybridized carbons (Fsp3) is 0.308. The van der Waals surface area contributed by atoms with Gasteiger partial charge in [-0.2, -0.15) is 11.8 Å². The second kappa shape index (κ2) is 9.26. The molecule has 2 N–H and O–H groups in total.